The molecule has 0 saturated heterocycles. The van der Waals surface area contributed by atoms with Crippen molar-refractivity contribution in [3.63, 3.8) is 0 Å². The average Bonchev–Trinajstić information content (AvgIpc) is 2.96. The maximum absolute atomic E-state index is 11.7. The predicted octanol–water partition coefficient (Wildman–Crippen LogP) is 8.09. The molecule has 1 atom stereocenters. The quantitative estimate of drug-likeness (QED) is 0.146. The van der Waals surface area contributed by atoms with E-state index in [1.807, 2.05) is 111 Å². The number of Topliss-reactive ketones (excluding diaryl/α,β-unsaturated/α-hetero) is 2. The van der Waals surface area contributed by atoms with Crippen LogP contribution in [0.3, 0.4) is 0 Å². The first kappa shape index (κ1) is 27.9. The van der Waals surface area contributed by atoms with Crippen molar-refractivity contribution in [2.24, 2.45) is 0 Å². The molecule has 0 N–H and O–H groups in total. The molecule has 4 aromatic rings. The summed E-state index contributed by atoms with van der Waals surface area (Å²) in [7, 11) is 0. The van der Waals surface area contributed by atoms with E-state index >= 15 is 0 Å². The van der Waals surface area contributed by atoms with Crippen LogP contribution in [0.15, 0.2) is 109 Å². The molecule has 4 nitrogen and oxygen atoms in total. The largest absolute Gasteiger partial charge is 0.489 e. The zero-order valence-corrected chi connectivity index (χ0v) is 22.7. The number of rotatable bonds is 10. The second-order valence-electron chi connectivity index (χ2n) is 8.35. The molecule has 0 heterocycles. The fraction of sp³-hybridized carbons (Fsp3) is 0.188. The summed E-state index contributed by atoms with van der Waals surface area (Å²) >= 11 is 3.28. The minimum absolute atomic E-state index is 0.0783. The van der Waals surface area contributed by atoms with Crippen LogP contribution in [0.5, 0.6) is 11.5 Å². The van der Waals surface area contributed by atoms with Crippen LogP contribution in [0.1, 0.15) is 52.1 Å². The minimum atomic E-state index is -0.163. The van der Waals surface area contributed by atoms with Crippen molar-refractivity contribution in [2.75, 3.05) is 0 Å². The zero-order valence-electron chi connectivity index (χ0n) is 21.1. The topological polar surface area (TPSA) is 52.6 Å². The van der Waals surface area contributed by atoms with Gasteiger partial charge in [-0.15, -0.1) is 0 Å². The van der Waals surface area contributed by atoms with Crippen molar-refractivity contribution in [1.29, 1.82) is 0 Å². The number of halogens is 1. The van der Waals surface area contributed by atoms with E-state index in [2.05, 4.69) is 15.9 Å². The highest BCUT2D eigenvalue weighted by Crippen LogP contribution is 2.17. The lowest BCUT2D eigenvalue weighted by atomic mass is 10.1. The number of alkyl halides is 1. The number of carbonyl (C=O) groups excluding carboxylic acids is 2. The standard InChI is InChI=1S/C16H15BrO2.C16H16O2/c1-12(17)16(18)14-7-9-15(10-8-14)19-11-13-5-3-2-4-6-13;1-2-16(17)14-8-10-15(11-9-14)18-12-13-6-4-3-5-7-13/h2-10,12H,11H2,1H3;3-11H,2,12H2,1H3. The first-order valence-electron chi connectivity index (χ1n) is 12.2. The molecule has 0 saturated carbocycles. The summed E-state index contributed by atoms with van der Waals surface area (Å²) in [5.41, 5.74) is 3.68. The van der Waals surface area contributed by atoms with Gasteiger partial charge < -0.3 is 9.47 Å². The molecule has 5 heteroatoms. The van der Waals surface area contributed by atoms with Gasteiger partial charge in [-0.2, -0.15) is 0 Å². The van der Waals surface area contributed by atoms with Crippen LogP contribution < -0.4 is 9.47 Å². The van der Waals surface area contributed by atoms with Crippen molar-refractivity contribution < 1.29 is 19.1 Å². The van der Waals surface area contributed by atoms with Gasteiger partial charge in [-0.05, 0) is 66.6 Å². The Bertz CT molecular complexity index is 1240. The molecule has 0 aliphatic rings. The Morgan fingerprint density at radius 2 is 1.05 bits per heavy atom. The van der Waals surface area contributed by atoms with Crippen LogP contribution in [0.2, 0.25) is 0 Å². The second-order valence-corrected chi connectivity index (χ2v) is 9.73. The molecule has 0 fully saturated rings. The van der Waals surface area contributed by atoms with Crippen LogP contribution in [-0.2, 0) is 13.2 Å². The fourth-order valence-corrected chi connectivity index (χ4v) is 3.63. The van der Waals surface area contributed by atoms with Crippen LogP contribution in [-0.4, -0.2) is 16.4 Å². The maximum Gasteiger partial charge on any atom is 0.176 e. The molecular formula is C32H31BrO4. The summed E-state index contributed by atoms with van der Waals surface area (Å²) in [6, 6.07) is 34.5. The Morgan fingerprint density at radius 3 is 1.43 bits per heavy atom. The first-order chi connectivity index (χ1) is 18.0. The third-order valence-electron chi connectivity index (χ3n) is 5.49. The minimum Gasteiger partial charge on any atom is -0.489 e. The lowest BCUT2D eigenvalue weighted by Gasteiger charge is -2.07. The van der Waals surface area contributed by atoms with Gasteiger partial charge in [0.05, 0.1) is 4.83 Å². The summed E-state index contributed by atoms with van der Waals surface area (Å²) < 4.78 is 11.3. The van der Waals surface area contributed by atoms with Gasteiger partial charge in [0.1, 0.15) is 24.7 Å². The van der Waals surface area contributed by atoms with Crippen molar-refractivity contribution >= 4 is 27.5 Å². The number of ketones is 2. The molecule has 0 aromatic heterocycles. The van der Waals surface area contributed by atoms with Crippen molar-refractivity contribution in [3.05, 3.63) is 131 Å². The predicted molar refractivity (Wildman–Crippen MR) is 152 cm³/mol. The molecule has 0 spiro atoms. The first-order valence-corrected chi connectivity index (χ1v) is 13.1. The third kappa shape index (κ3) is 9.36. The molecule has 1 unspecified atom stereocenters. The van der Waals surface area contributed by atoms with Gasteiger partial charge in [0.15, 0.2) is 11.6 Å². The van der Waals surface area contributed by atoms with Crippen molar-refractivity contribution in [3.8, 4) is 11.5 Å². The SMILES string of the molecule is CC(Br)C(=O)c1ccc(OCc2ccccc2)cc1.CCC(=O)c1ccc(OCc2ccccc2)cc1. The maximum atomic E-state index is 11.7. The molecule has 0 aliphatic heterocycles. The molecule has 0 radical (unpaired) electrons. The summed E-state index contributed by atoms with van der Waals surface area (Å²) in [4.78, 5) is 23.0. The average molecular weight is 560 g/mol. The molecular weight excluding hydrogens is 528 g/mol. The molecule has 4 aromatic carbocycles. The highest BCUT2D eigenvalue weighted by molar-refractivity contribution is 9.10. The molecule has 0 aliphatic carbocycles. The van der Waals surface area contributed by atoms with Crippen molar-refractivity contribution in [2.45, 2.75) is 38.3 Å². The van der Waals surface area contributed by atoms with E-state index in [0.717, 1.165) is 28.2 Å². The summed E-state index contributed by atoms with van der Waals surface area (Å²) in [6.45, 7) is 4.76. The third-order valence-corrected chi connectivity index (χ3v) is 5.91. The lowest BCUT2D eigenvalue weighted by Crippen LogP contribution is -2.09. The second kappa shape index (κ2) is 14.8. The normalized spacial score (nSPS) is 11.0. The number of benzene rings is 4. The van der Waals surface area contributed by atoms with E-state index in [4.69, 9.17) is 9.47 Å². The van der Waals surface area contributed by atoms with Gasteiger partial charge in [0.2, 0.25) is 0 Å². The summed E-state index contributed by atoms with van der Waals surface area (Å²) in [5, 5.41) is 0. The Kier molecular flexibility index (Phi) is 11.1. The van der Waals surface area contributed by atoms with Gasteiger partial charge in [0, 0.05) is 17.5 Å². The van der Waals surface area contributed by atoms with Gasteiger partial charge in [-0.25, -0.2) is 0 Å². The summed E-state index contributed by atoms with van der Waals surface area (Å²) in [5.74, 6) is 1.79. The van der Waals surface area contributed by atoms with E-state index in [1.54, 1.807) is 12.1 Å². The Morgan fingerprint density at radius 1 is 0.649 bits per heavy atom. The number of hydrogen-bond acceptors (Lipinski definition) is 4. The smallest absolute Gasteiger partial charge is 0.176 e. The van der Waals surface area contributed by atoms with Crippen LogP contribution in [0, 0.1) is 0 Å². The van der Waals surface area contributed by atoms with E-state index in [0.29, 0.717) is 25.2 Å². The van der Waals surface area contributed by atoms with E-state index in [9.17, 15) is 9.59 Å². The Labute approximate surface area is 227 Å². The van der Waals surface area contributed by atoms with Gasteiger partial charge in [0.25, 0.3) is 0 Å². The number of ether oxygens (including phenoxy) is 2. The Balaban J connectivity index is 0.000000206. The van der Waals surface area contributed by atoms with E-state index < -0.39 is 0 Å². The number of carbonyl (C=O) groups is 2. The molecule has 4 rings (SSSR count). The van der Waals surface area contributed by atoms with E-state index in [1.165, 1.54) is 0 Å². The van der Waals surface area contributed by atoms with Crippen LogP contribution in [0.4, 0.5) is 0 Å². The zero-order chi connectivity index (χ0) is 26.5. The van der Waals surface area contributed by atoms with E-state index in [-0.39, 0.29) is 16.4 Å². The lowest BCUT2D eigenvalue weighted by molar-refractivity contribution is 0.0983. The monoisotopic (exact) mass is 558 g/mol. The van der Waals surface area contributed by atoms with Gasteiger partial charge >= 0.3 is 0 Å². The molecule has 0 amide bonds. The number of hydrogen-bond donors (Lipinski definition) is 0. The fourth-order valence-electron chi connectivity index (χ4n) is 3.37. The summed E-state index contributed by atoms with van der Waals surface area (Å²) in [6.07, 6.45) is 0.532. The Hall–Kier alpha value is -3.70. The van der Waals surface area contributed by atoms with Crippen molar-refractivity contribution in [1.82, 2.24) is 0 Å². The molecule has 0 bridgehead atoms. The molecule has 190 valence electrons. The van der Waals surface area contributed by atoms with Crippen LogP contribution >= 0.6 is 15.9 Å². The van der Waals surface area contributed by atoms with Gasteiger partial charge in [-0.1, -0.05) is 83.5 Å². The highest BCUT2D eigenvalue weighted by atomic mass is 79.9. The van der Waals surface area contributed by atoms with Crippen LogP contribution in [0.25, 0.3) is 0 Å². The highest BCUT2D eigenvalue weighted by Gasteiger charge is 2.11. The molecule has 37 heavy (non-hydrogen) atoms. The van der Waals surface area contributed by atoms with Gasteiger partial charge in [-0.3, -0.25) is 9.59 Å².